The van der Waals surface area contributed by atoms with Crippen molar-refractivity contribution in [2.24, 2.45) is 12.8 Å². The first-order chi connectivity index (χ1) is 6.55. The maximum atomic E-state index is 8.70. The number of nitrogens with two attached hydrogens (primary N) is 1. The van der Waals surface area contributed by atoms with Crippen LogP contribution in [0, 0.1) is 11.3 Å². The number of imidazole rings is 1. The maximum absolute atomic E-state index is 8.70. The number of hydrogen-bond donors (Lipinski definition) is 1. The van der Waals surface area contributed by atoms with Crippen molar-refractivity contribution in [3.63, 3.8) is 0 Å². The molecule has 0 saturated carbocycles. The Balaban J connectivity index is 2.37. The minimum Gasteiger partial charge on any atom is -0.329 e. The van der Waals surface area contributed by atoms with Crippen LogP contribution in [0.2, 0.25) is 0 Å². The second-order valence-corrected chi connectivity index (χ2v) is 4.51. The number of nitrogens with zero attached hydrogens (tertiary/aromatic N) is 3. The van der Waals surface area contributed by atoms with Gasteiger partial charge in [0.05, 0.1) is 6.07 Å². The fourth-order valence-corrected chi connectivity index (χ4v) is 2.01. The van der Waals surface area contributed by atoms with E-state index < -0.39 is 5.54 Å². The van der Waals surface area contributed by atoms with E-state index in [1.54, 1.807) is 24.9 Å². The van der Waals surface area contributed by atoms with E-state index in [4.69, 9.17) is 11.0 Å². The Kier molecular flexibility index (Phi) is 3.55. The molecule has 0 aliphatic carbocycles. The molecule has 1 atom stereocenters. The molecule has 76 valence electrons. The Morgan fingerprint density at radius 3 is 3.00 bits per heavy atom. The topological polar surface area (TPSA) is 67.6 Å². The second kappa shape index (κ2) is 4.49. The zero-order valence-electron chi connectivity index (χ0n) is 8.40. The molecule has 1 rings (SSSR count). The smallest absolute Gasteiger partial charge is 0.167 e. The molecule has 1 aromatic rings. The minimum atomic E-state index is -0.724. The Bertz CT molecular complexity index is 337. The molecule has 4 nitrogen and oxygen atoms in total. The summed E-state index contributed by atoms with van der Waals surface area (Å²) in [6.07, 6.45) is 4.32. The van der Waals surface area contributed by atoms with Gasteiger partial charge in [-0.3, -0.25) is 0 Å². The molecule has 0 spiro atoms. The standard InChI is InChI=1S/C9H14N4S/c1-9(11,7-10)3-6-14-8-12-4-5-13(8)2/h4-5H,3,6,11H2,1-2H3. The van der Waals surface area contributed by atoms with Gasteiger partial charge in [-0.15, -0.1) is 0 Å². The minimum absolute atomic E-state index is 0.668. The van der Waals surface area contributed by atoms with Crippen LogP contribution >= 0.6 is 11.8 Å². The summed E-state index contributed by atoms with van der Waals surface area (Å²) in [5.41, 5.74) is 4.97. The highest BCUT2D eigenvalue weighted by molar-refractivity contribution is 7.99. The van der Waals surface area contributed by atoms with Gasteiger partial charge in [0.25, 0.3) is 0 Å². The van der Waals surface area contributed by atoms with Crippen LogP contribution in [0.4, 0.5) is 0 Å². The van der Waals surface area contributed by atoms with Crippen molar-refractivity contribution in [1.29, 1.82) is 5.26 Å². The van der Waals surface area contributed by atoms with Crippen LogP contribution in [0.15, 0.2) is 17.6 Å². The first-order valence-corrected chi connectivity index (χ1v) is 5.34. The lowest BCUT2D eigenvalue weighted by molar-refractivity contribution is 0.582. The number of hydrogen-bond acceptors (Lipinski definition) is 4. The molecule has 0 bridgehead atoms. The van der Waals surface area contributed by atoms with E-state index >= 15 is 0 Å². The Hall–Kier alpha value is -0.990. The number of rotatable bonds is 4. The van der Waals surface area contributed by atoms with Gasteiger partial charge in [-0.25, -0.2) is 4.98 Å². The van der Waals surface area contributed by atoms with Crippen LogP contribution in [0.25, 0.3) is 0 Å². The van der Waals surface area contributed by atoms with Gasteiger partial charge in [0.1, 0.15) is 5.54 Å². The summed E-state index contributed by atoms with van der Waals surface area (Å²) in [5.74, 6) is 0.811. The lowest BCUT2D eigenvalue weighted by Crippen LogP contribution is -2.34. The normalized spacial score (nSPS) is 14.7. The lowest BCUT2D eigenvalue weighted by Gasteiger charge is -2.13. The zero-order valence-corrected chi connectivity index (χ0v) is 9.21. The molecule has 1 heterocycles. The Morgan fingerprint density at radius 1 is 1.79 bits per heavy atom. The molecular weight excluding hydrogens is 196 g/mol. The third kappa shape index (κ3) is 3.05. The van der Waals surface area contributed by atoms with Crippen molar-refractivity contribution in [1.82, 2.24) is 9.55 Å². The lowest BCUT2D eigenvalue weighted by atomic mass is 10.0. The molecule has 0 fully saturated rings. The highest BCUT2D eigenvalue weighted by atomic mass is 32.2. The number of thioether (sulfide) groups is 1. The van der Waals surface area contributed by atoms with Crippen LogP contribution in [0.5, 0.6) is 0 Å². The van der Waals surface area contributed by atoms with Crippen LogP contribution in [-0.2, 0) is 7.05 Å². The van der Waals surface area contributed by atoms with Gasteiger partial charge in [0.2, 0.25) is 0 Å². The van der Waals surface area contributed by atoms with Crippen molar-refractivity contribution in [3.05, 3.63) is 12.4 Å². The van der Waals surface area contributed by atoms with E-state index in [-0.39, 0.29) is 0 Å². The molecule has 0 aromatic carbocycles. The Labute approximate surface area is 88.1 Å². The largest absolute Gasteiger partial charge is 0.329 e. The fourth-order valence-electron chi connectivity index (χ4n) is 0.901. The fraction of sp³-hybridized carbons (Fsp3) is 0.556. The Morgan fingerprint density at radius 2 is 2.50 bits per heavy atom. The number of nitriles is 1. The van der Waals surface area contributed by atoms with Crippen LogP contribution < -0.4 is 5.73 Å². The third-order valence-corrected chi connectivity index (χ3v) is 2.94. The van der Waals surface area contributed by atoms with Gasteiger partial charge in [-0.1, -0.05) is 11.8 Å². The molecule has 1 aromatic heterocycles. The molecule has 0 radical (unpaired) electrons. The quantitative estimate of drug-likeness (QED) is 0.757. The monoisotopic (exact) mass is 210 g/mol. The molecule has 5 heteroatoms. The number of aromatic nitrogens is 2. The summed E-state index contributed by atoms with van der Waals surface area (Å²) >= 11 is 1.62. The van der Waals surface area contributed by atoms with Crippen molar-refractivity contribution < 1.29 is 0 Å². The van der Waals surface area contributed by atoms with Gasteiger partial charge in [-0.05, 0) is 13.3 Å². The molecule has 0 aliphatic rings. The van der Waals surface area contributed by atoms with E-state index in [2.05, 4.69) is 11.1 Å². The molecule has 0 saturated heterocycles. The summed E-state index contributed by atoms with van der Waals surface area (Å²) in [7, 11) is 1.95. The second-order valence-electron chi connectivity index (χ2n) is 3.45. The molecule has 2 N–H and O–H groups in total. The van der Waals surface area contributed by atoms with Crippen LogP contribution in [-0.4, -0.2) is 20.8 Å². The van der Waals surface area contributed by atoms with E-state index in [9.17, 15) is 0 Å². The summed E-state index contributed by atoms with van der Waals surface area (Å²) in [6.45, 7) is 1.74. The summed E-state index contributed by atoms with van der Waals surface area (Å²) in [4.78, 5) is 4.16. The summed E-state index contributed by atoms with van der Waals surface area (Å²) in [6, 6.07) is 2.07. The van der Waals surface area contributed by atoms with Crippen molar-refractivity contribution in [2.45, 2.75) is 24.0 Å². The first-order valence-electron chi connectivity index (χ1n) is 4.35. The molecule has 1 unspecified atom stereocenters. The highest BCUT2D eigenvalue weighted by Gasteiger charge is 2.16. The van der Waals surface area contributed by atoms with Gasteiger partial charge in [0, 0.05) is 25.2 Å². The summed E-state index contributed by atoms with van der Waals surface area (Å²) in [5, 5.41) is 9.66. The van der Waals surface area contributed by atoms with E-state index in [1.807, 2.05) is 17.8 Å². The van der Waals surface area contributed by atoms with Crippen LogP contribution in [0.3, 0.4) is 0 Å². The predicted molar refractivity (Wildman–Crippen MR) is 56.8 cm³/mol. The van der Waals surface area contributed by atoms with Crippen LogP contribution in [0.1, 0.15) is 13.3 Å². The maximum Gasteiger partial charge on any atom is 0.167 e. The molecule has 0 amide bonds. The van der Waals surface area contributed by atoms with E-state index in [0.29, 0.717) is 6.42 Å². The third-order valence-electron chi connectivity index (χ3n) is 1.88. The van der Waals surface area contributed by atoms with E-state index in [1.165, 1.54) is 0 Å². The van der Waals surface area contributed by atoms with Gasteiger partial charge in [0.15, 0.2) is 5.16 Å². The van der Waals surface area contributed by atoms with Crippen molar-refractivity contribution >= 4 is 11.8 Å². The highest BCUT2D eigenvalue weighted by Crippen LogP contribution is 2.18. The first kappa shape index (κ1) is 11.1. The van der Waals surface area contributed by atoms with Crippen molar-refractivity contribution in [3.8, 4) is 6.07 Å². The number of aryl methyl sites for hydroxylation is 1. The SMILES string of the molecule is Cn1ccnc1SCCC(C)(N)C#N. The van der Waals surface area contributed by atoms with E-state index in [0.717, 1.165) is 10.9 Å². The molecule has 14 heavy (non-hydrogen) atoms. The van der Waals surface area contributed by atoms with Gasteiger partial charge < -0.3 is 10.3 Å². The average molecular weight is 210 g/mol. The average Bonchev–Trinajstić information content (AvgIpc) is 2.52. The van der Waals surface area contributed by atoms with Gasteiger partial charge in [-0.2, -0.15) is 5.26 Å². The summed E-state index contributed by atoms with van der Waals surface area (Å²) < 4.78 is 1.95. The predicted octanol–water partition coefficient (Wildman–Crippen LogP) is 1.14. The zero-order chi connectivity index (χ0) is 10.6. The molecule has 0 aliphatic heterocycles. The molecular formula is C9H14N4S. The van der Waals surface area contributed by atoms with Gasteiger partial charge >= 0.3 is 0 Å². The van der Waals surface area contributed by atoms with Crippen molar-refractivity contribution in [2.75, 3.05) is 5.75 Å².